The highest BCUT2D eigenvalue weighted by Crippen LogP contribution is 2.59. The van der Waals surface area contributed by atoms with Crippen LogP contribution in [0.4, 0.5) is 17.6 Å². The molecule has 14 N–H and O–H groups in total. The van der Waals surface area contributed by atoms with Crippen molar-refractivity contribution in [3.05, 3.63) is 126 Å². The zero-order valence-corrected chi connectivity index (χ0v) is 70.5. The Morgan fingerprint density at radius 1 is 0.638 bits per heavy atom. The van der Waals surface area contributed by atoms with Gasteiger partial charge in [0.05, 0.1) is 114 Å². The van der Waals surface area contributed by atoms with Gasteiger partial charge in [-0.1, -0.05) is 37.9 Å². The summed E-state index contributed by atoms with van der Waals surface area (Å²) in [5.41, 5.74) is 17.5. The summed E-state index contributed by atoms with van der Waals surface area (Å²) in [6.07, 6.45) is -11.4. The van der Waals surface area contributed by atoms with Crippen molar-refractivity contribution < 1.29 is 103 Å². The first-order valence-electron chi connectivity index (χ1n) is 35.9. The molecule has 5 saturated heterocycles. The molecule has 5 fully saturated rings. The van der Waals surface area contributed by atoms with E-state index >= 15 is 4.57 Å². The van der Waals surface area contributed by atoms with E-state index in [0.29, 0.717) is 19.6 Å². The Bertz CT molecular complexity index is 5090. The number of aliphatic hydroxyl groups is 1. The summed E-state index contributed by atoms with van der Waals surface area (Å²) in [5.74, 6) is -0.936. The Labute approximate surface area is 685 Å². The number of nitrogen functional groups attached to an aromatic ring is 3. The number of hydrogen-bond donors (Lipinski definition) is 11. The highest BCUT2D eigenvalue weighted by molar-refractivity contribution is 9.10. The number of aryl methyl sites for hydroxylation is 1. The van der Waals surface area contributed by atoms with Crippen molar-refractivity contribution in [3.8, 4) is 0 Å². The van der Waals surface area contributed by atoms with Gasteiger partial charge in [-0.3, -0.25) is 66.0 Å². The van der Waals surface area contributed by atoms with Crippen LogP contribution < -0.4 is 72.6 Å². The van der Waals surface area contributed by atoms with Crippen molar-refractivity contribution in [3.63, 3.8) is 0 Å². The quantitative estimate of drug-likeness (QED) is 0.0130. The van der Waals surface area contributed by atoms with Gasteiger partial charge in [-0.25, -0.2) is 28.7 Å². The number of anilines is 3. The normalized spacial score (nSPS) is 27.0. The van der Waals surface area contributed by atoms with Crippen LogP contribution in [0.5, 0.6) is 0 Å². The topological polar surface area (TPSA) is 614 Å². The van der Waals surface area contributed by atoms with E-state index in [1.54, 1.807) is 0 Å². The van der Waals surface area contributed by atoms with Crippen molar-refractivity contribution in [2.45, 2.75) is 145 Å². The molecule has 0 spiro atoms. The van der Waals surface area contributed by atoms with Crippen molar-refractivity contribution >= 4 is 125 Å². The molecule has 0 radical (unpaired) electrons. The Morgan fingerprint density at radius 3 is 1.78 bits per heavy atom. The lowest BCUT2D eigenvalue weighted by atomic mass is 9.89. The van der Waals surface area contributed by atoms with Crippen LogP contribution in [0.1, 0.15) is 89.1 Å². The second kappa shape index (κ2) is 40.5. The fourth-order valence-electron chi connectivity index (χ4n) is 13.0. The first kappa shape index (κ1) is 91.3. The average Bonchev–Trinajstić information content (AvgIpc) is 1.63. The Hall–Kier alpha value is -5.49. The molecule has 6 aromatic rings. The molecule has 1 amide bonds. The van der Waals surface area contributed by atoms with E-state index in [9.17, 15) is 53.2 Å². The van der Waals surface area contributed by atoms with E-state index in [1.165, 1.54) is 59.3 Å². The van der Waals surface area contributed by atoms with Gasteiger partial charge in [-0.15, -0.1) is 0 Å². The van der Waals surface area contributed by atoms with Gasteiger partial charge in [0, 0.05) is 75.5 Å². The molecule has 0 aliphatic carbocycles. The summed E-state index contributed by atoms with van der Waals surface area (Å²) in [6.45, 7) is -14.9. The third-order valence-electron chi connectivity index (χ3n) is 18.6. The highest BCUT2D eigenvalue weighted by atomic mass is 79.9. The summed E-state index contributed by atoms with van der Waals surface area (Å²) in [6, 6.07) is 2.75. The lowest BCUT2D eigenvalue weighted by Gasteiger charge is -2.33. The summed E-state index contributed by atoms with van der Waals surface area (Å²) < 4.78 is 124. The van der Waals surface area contributed by atoms with Crippen molar-refractivity contribution in [1.82, 2.24) is 63.0 Å². The largest absolute Gasteiger partial charge is 0.780 e. The first-order valence-corrected chi connectivity index (χ1v) is 47.1. The number of aromatic amines is 3. The number of aromatic nitrogens is 12. The van der Waals surface area contributed by atoms with Crippen LogP contribution in [-0.4, -0.2) is 221 Å². The van der Waals surface area contributed by atoms with Crippen molar-refractivity contribution in [2.75, 3.05) is 110 Å². The van der Waals surface area contributed by atoms with Gasteiger partial charge in [0.2, 0.25) is 11.9 Å². The number of aliphatic hydroxyl groups excluding tert-OH is 1. The van der Waals surface area contributed by atoms with Crippen LogP contribution in [0.2, 0.25) is 0 Å². The predicted octanol–water partition coefficient (Wildman–Crippen LogP) is -0.544. The van der Waals surface area contributed by atoms with E-state index in [-0.39, 0.29) is 141 Å². The molecule has 0 aromatic carbocycles. The summed E-state index contributed by atoms with van der Waals surface area (Å²) >= 11 is 24.5. The fourth-order valence-corrected chi connectivity index (χ4v) is 19.9. The Balaban J connectivity index is 0.801. The Morgan fingerprint density at radius 2 is 1.16 bits per heavy atom. The molecule has 0 bridgehead atoms. The number of H-pyrrole nitrogens is 3. The second-order valence-corrected chi connectivity index (χ2v) is 39.2. The molecule has 0 saturated carbocycles. The predicted molar refractivity (Wildman–Crippen MR) is 422 cm³/mol. The average molecular weight is 1850 g/mol. The van der Waals surface area contributed by atoms with Crippen LogP contribution in [0.15, 0.2) is 81.3 Å². The van der Waals surface area contributed by atoms with Crippen LogP contribution >= 0.6 is 55.1 Å². The maximum atomic E-state index is 15.0. The molecule has 642 valence electrons. The molecule has 5 aliphatic heterocycles. The molecule has 6 aromatic heterocycles. The Kier molecular flexibility index (Phi) is 31.8. The summed E-state index contributed by atoms with van der Waals surface area (Å²) in [7, 11) is 0. The number of fused-ring (bicyclic) bond motifs is 1. The number of halogens is 1. The van der Waals surface area contributed by atoms with Crippen LogP contribution in [0, 0.1) is 18.8 Å². The molecular weight excluding hydrogens is 1770 g/mol. The number of ether oxygens (including phenoxy) is 8. The number of rotatable bonds is 42. The number of imidazole rings is 1. The monoisotopic (exact) mass is 1850 g/mol. The van der Waals surface area contributed by atoms with Crippen LogP contribution in [0.25, 0.3) is 11.2 Å². The van der Waals surface area contributed by atoms with Crippen LogP contribution in [-0.2, 0) is 123 Å². The van der Waals surface area contributed by atoms with E-state index in [2.05, 4.69) is 68.4 Å². The lowest BCUT2D eigenvalue weighted by Crippen LogP contribution is -2.33. The number of carbonyl (C=O) groups is 1. The second-order valence-electron chi connectivity index (χ2n) is 27.0. The molecular formula is C61H87BrN17O29P4S4-. The first-order chi connectivity index (χ1) is 55.1. The van der Waals surface area contributed by atoms with E-state index < -0.39 is 179 Å². The molecule has 4 unspecified atom stereocenters. The summed E-state index contributed by atoms with van der Waals surface area (Å²) in [4.78, 5) is 152. The molecule has 116 heavy (non-hydrogen) atoms. The van der Waals surface area contributed by atoms with Gasteiger partial charge < -0.3 is 113 Å². The minimum Gasteiger partial charge on any atom is -0.780 e. The minimum atomic E-state index is -4.87. The fraction of sp³-hybridized carbons (Fsp3) is 0.639. The smallest absolute Gasteiger partial charge is 0.386 e. The number of amides is 1. The van der Waals surface area contributed by atoms with Gasteiger partial charge in [-0.2, -0.15) is 15.0 Å². The van der Waals surface area contributed by atoms with Gasteiger partial charge in [0.1, 0.15) is 80.0 Å². The van der Waals surface area contributed by atoms with Crippen molar-refractivity contribution in [2.24, 2.45) is 17.6 Å². The zero-order chi connectivity index (χ0) is 83.6. The molecule has 19 atom stereocenters. The van der Waals surface area contributed by atoms with Gasteiger partial charge in [0.15, 0.2) is 11.2 Å². The lowest BCUT2D eigenvalue weighted by molar-refractivity contribution is -0.215. The maximum Gasteiger partial charge on any atom is 0.386 e. The number of nitrogens with one attached hydrogen (secondary N) is 4. The molecule has 11 heterocycles. The number of nitrogens with two attached hydrogens (primary N) is 4. The van der Waals surface area contributed by atoms with Gasteiger partial charge in [-0.05, 0) is 76.9 Å². The van der Waals surface area contributed by atoms with E-state index in [0.717, 1.165) is 13.7 Å². The summed E-state index contributed by atoms with van der Waals surface area (Å²) in [5, 5.41) is 13.0. The number of thiol groups is 1. The maximum absolute atomic E-state index is 15.0. The third kappa shape index (κ3) is 24.2. The van der Waals surface area contributed by atoms with E-state index in [1.807, 2.05) is 13.8 Å². The SMILES string of the molecule is Cc1cn([C@H]2C[C@@H](OP(=S)(OCCOCCOCCNC(=O)CCOCCN)OC[C@H]3O[C@@H](n4ccc(N)nc4=O)C[C@H]3C(C)C)[C@@H](COP(=O)(S)O[C@@H]3C[C@H](n4cnc5c(=O)[nH]c(N)nc54)O[C@@H]3COP([O-])(=S)O[C@@H]3C[C@H](n4ccc(N)nc4=O)O[C@@H]3COP(O)(=S)O[C@@H]3C[C@H](n4cc(Br)c(=O)[nH]c4=O)O[C@@H]3CO)O2)c(=O)[nH]c1=O. The molecule has 5 aliphatic rings. The number of nitrogens with zero attached hydrogens (tertiary/aromatic N) is 9. The van der Waals surface area contributed by atoms with E-state index in [4.69, 9.17) is 137 Å². The van der Waals surface area contributed by atoms with Gasteiger partial charge >= 0.3 is 43.0 Å². The molecule has 46 nitrogen and oxygen atoms in total. The minimum absolute atomic E-state index is 0.0101. The molecule has 55 heteroatoms. The van der Waals surface area contributed by atoms with Gasteiger partial charge in [0.25, 0.3) is 16.7 Å². The third-order valence-corrected chi connectivity index (χ3v) is 26.4. The number of carbonyl (C=O) groups excluding carboxylic acids is 1. The highest BCUT2D eigenvalue weighted by Gasteiger charge is 2.49. The van der Waals surface area contributed by atoms with Crippen LogP contribution in [0.3, 0.4) is 0 Å². The standard InChI is InChI=1S/C61H88BrN17O29P4S4/c1-31(2)33-18-47(75-9-4-44(64)69-58(75)85)101-40(33)26-99-112(116,95-17-16-94-15-14-93-13-8-67-46(81)6-11-92-12-7-63)108-38-22-49(77-23-32(3)54(82)73-60(77)87)103-43(38)29-98-111(91,115)107-37-21-51(79-30-68-52-53(79)71-57(66)72-56(52)84)104-42(37)28-97-110(90,114)106-36-20-48(76-10-5-45(65)70-59(76)86)102-41(36)27-96-109(89,113)105-35-19-50(100-39(35)25-80)78-24-34(62)55(83)74-61(78)88/h4-5,9-10,23-24,30-31,33,35-43,47-51,80H,6-8,11-22,25-29,63H2,1-3H3,(H,67,81)(H,89,113)(H,90,114)(H,91,115)(H2,64,69,85)(H2,65,70,86)(H,73,82,87)(H,74,83,88)(H3,66,71,72,84)/p-1/t33-,35+,36+,37+,38+,39+,40+,41+,42+,43+,47+,48+,49+,50+,51+,109?,110?,111?,112?/m0/s1. The zero-order valence-electron chi connectivity index (χ0n) is 62.0. The molecule has 11 rings (SSSR count). The number of hydrogen-bond acceptors (Lipinski definition) is 39. The van der Waals surface area contributed by atoms with Crippen molar-refractivity contribution in [1.29, 1.82) is 0 Å².